The molecule has 134 valence electrons. The first kappa shape index (κ1) is 17.2. The number of nitrogens with zero attached hydrogens (tertiary/aromatic N) is 3. The van der Waals surface area contributed by atoms with Gasteiger partial charge in [0, 0.05) is 37.3 Å². The number of benzene rings is 1. The molecule has 0 radical (unpaired) electrons. The number of para-hydroxylation sites is 1. The SMILES string of the molecule is Clc1ccc(OCC2CN(Cc3ccc4ccccc4n3)CCO2)nc1. The Kier molecular flexibility index (Phi) is 5.29. The Morgan fingerprint density at radius 1 is 1.15 bits per heavy atom. The highest BCUT2D eigenvalue weighted by Crippen LogP contribution is 2.16. The van der Waals surface area contributed by atoms with E-state index in [1.807, 2.05) is 18.2 Å². The summed E-state index contributed by atoms with van der Waals surface area (Å²) >= 11 is 5.84. The first-order chi connectivity index (χ1) is 12.8. The van der Waals surface area contributed by atoms with E-state index < -0.39 is 0 Å². The zero-order valence-corrected chi connectivity index (χ0v) is 15.1. The van der Waals surface area contributed by atoms with E-state index in [2.05, 4.69) is 28.1 Å². The molecular formula is C20H20ClN3O2. The summed E-state index contributed by atoms with van der Waals surface area (Å²) in [6.45, 7) is 3.67. The van der Waals surface area contributed by atoms with Crippen LogP contribution < -0.4 is 4.74 Å². The topological polar surface area (TPSA) is 47.5 Å². The minimum absolute atomic E-state index is 0.0154. The van der Waals surface area contributed by atoms with Crippen molar-refractivity contribution in [1.82, 2.24) is 14.9 Å². The lowest BCUT2D eigenvalue weighted by Gasteiger charge is -2.32. The molecule has 1 unspecified atom stereocenters. The summed E-state index contributed by atoms with van der Waals surface area (Å²) in [4.78, 5) is 11.3. The highest BCUT2D eigenvalue weighted by Gasteiger charge is 2.21. The number of rotatable bonds is 5. The summed E-state index contributed by atoms with van der Waals surface area (Å²) in [6, 6.07) is 15.9. The van der Waals surface area contributed by atoms with Crippen LogP contribution >= 0.6 is 11.6 Å². The largest absolute Gasteiger partial charge is 0.475 e. The minimum atomic E-state index is 0.0154. The number of hydrogen-bond donors (Lipinski definition) is 0. The molecule has 0 amide bonds. The van der Waals surface area contributed by atoms with Gasteiger partial charge in [-0.25, -0.2) is 4.98 Å². The second-order valence-corrected chi connectivity index (χ2v) is 6.79. The summed E-state index contributed by atoms with van der Waals surface area (Å²) in [5, 5.41) is 1.76. The molecule has 1 fully saturated rings. The Hall–Kier alpha value is -2.21. The van der Waals surface area contributed by atoms with Gasteiger partial charge in [0.25, 0.3) is 0 Å². The van der Waals surface area contributed by atoms with E-state index in [-0.39, 0.29) is 6.10 Å². The lowest BCUT2D eigenvalue weighted by Crippen LogP contribution is -2.44. The van der Waals surface area contributed by atoms with Gasteiger partial charge in [-0.05, 0) is 18.2 Å². The first-order valence-electron chi connectivity index (χ1n) is 8.69. The van der Waals surface area contributed by atoms with Crippen molar-refractivity contribution in [3.05, 3.63) is 65.4 Å². The zero-order chi connectivity index (χ0) is 17.8. The highest BCUT2D eigenvalue weighted by atomic mass is 35.5. The molecule has 0 saturated carbocycles. The van der Waals surface area contributed by atoms with Crippen molar-refractivity contribution in [3.63, 3.8) is 0 Å². The predicted octanol–water partition coefficient (Wildman–Crippen LogP) is 3.56. The maximum atomic E-state index is 5.84. The summed E-state index contributed by atoms with van der Waals surface area (Å²) in [6.07, 6.45) is 1.60. The van der Waals surface area contributed by atoms with Gasteiger partial charge < -0.3 is 9.47 Å². The van der Waals surface area contributed by atoms with Crippen molar-refractivity contribution >= 4 is 22.5 Å². The fraction of sp³-hybridized carbons (Fsp3) is 0.300. The number of morpholine rings is 1. The Morgan fingerprint density at radius 2 is 2.08 bits per heavy atom. The van der Waals surface area contributed by atoms with Gasteiger partial charge in [-0.1, -0.05) is 35.9 Å². The molecule has 1 aliphatic heterocycles. The van der Waals surface area contributed by atoms with E-state index in [0.717, 1.165) is 30.8 Å². The first-order valence-corrected chi connectivity index (χ1v) is 9.07. The molecule has 1 atom stereocenters. The Labute approximate surface area is 157 Å². The number of ether oxygens (including phenoxy) is 2. The Bertz CT molecular complexity index is 872. The molecular weight excluding hydrogens is 350 g/mol. The van der Waals surface area contributed by atoms with Gasteiger partial charge in [0.15, 0.2) is 0 Å². The molecule has 0 bridgehead atoms. The van der Waals surface area contributed by atoms with Gasteiger partial charge in [-0.2, -0.15) is 0 Å². The van der Waals surface area contributed by atoms with Crippen LogP contribution in [0.1, 0.15) is 5.69 Å². The Balaban J connectivity index is 1.34. The van der Waals surface area contributed by atoms with E-state index in [1.165, 1.54) is 5.39 Å². The summed E-state index contributed by atoms with van der Waals surface area (Å²) in [5.41, 5.74) is 2.11. The van der Waals surface area contributed by atoms with Crippen molar-refractivity contribution in [2.24, 2.45) is 0 Å². The van der Waals surface area contributed by atoms with Gasteiger partial charge >= 0.3 is 0 Å². The van der Waals surface area contributed by atoms with Crippen molar-refractivity contribution in [1.29, 1.82) is 0 Å². The lowest BCUT2D eigenvalue weighted by atomic mass is 10.2. The van der Waals surface area contributed by atoms with Crippen molar-refractivity contribution < 1.29 is 9.47 Å². The van der Waals surface area contributed by atoms with Crippen molar-refractivity contribution in [3.8, 4) is 5.88 Å². The number of pyridine rings is 2. The lowest BCUT2D eigenvalue weighted by molar-refractivity contribution is -0.0512. The number of aromatic nitrogens is 2. The van der Waals surface area contributed by atoms with Crippen LogP contribution in [0.2, 0.25) is 5.02 Å². The highest BCUT2D eigenvalue weighted by molar-refractivity contribution is 6.30. The van der Waals surface area contributed by atoms with E-state index in [0.29, 0.717) is 24.1 Å². The van der Waals surface area contributed by atoms with Crippen LogP contribution in [0.4, 0.5) is 0 Å². The number of halogens is 1. The summed E-state index contributed by atoms with van der Waals surface area (Å²) < 4.78 is 11.5. The van der Waals surface area contributed by atoms with E-state index in [9.17, 15) is 0 Å². The molecule has 6 heteroatoms. The van der Waals surface area contributed by atoms with Gasteiger partial charge in [-0.15, -0.1) is 0 Å². The fourth-order valence-corrected chi connectivity index (χ4v) is 3.19. The van der Waals surface area contributed by atoms with Crippen LogP contribution in [-0.2, 0) is 11.3 Å². The van der Waals surface area contributed by atoms with Gasteiger partial charge in [0.05, 0.1) is 22.8 Å². The average Bonchev–Trinajstić information content (AvgIpc) is 2.68. The quantitative estimate of drug-likeness (QED) is 0.688. The maximum absolute atomic E-state index is 5.84. The fourth-order valence-electron chi connectivity index (χ4n) is 3.08. The molecule has 26 heavy (non-hydrogen) atoms. The normalized spacial score (nSPS) is 18.1. The molecule has 4 rings (SSSR count). The van der Waals surface area contributed by atoms with Gasteiger partial charge in [0.2, 0.25) is 5.88 Å². The number of hydrogen-bond acceptors (Lipinski definition) is 5. The average molecular weight is 370 g/mol. The van der Waals surface area contributed by atoms with Crippen molar-refractivity contribution in [2.75, 3.05) is 26.3 Å². The predicted molar refractivity (Wildman–Crippen MR) is 102 cm³/mol. The van der Waals surface area contributed by atoms with Crippen LogP contribution in [0.3, 0.4) is 0 Å². The van der Waals surface area contributed by atoms with Crippen molar-refractivity contribution in [2.45, 2.75) is 12.6 Å². The van der Waals surface area contributed by atoms with E-state index in [4.69, 9.17) is 26.1 Å². The van der Waals surface area contributed by atoms with Gasteiger partial charge in [-0.3, -0.25) is 9.88 Å². The van der Waals surface area contributed by atoms with E-state index in [1.54, 1.807) is 18.3 Å². The third-order valence-electron chi connectivity index (χ3n) is 4.38. The smallest absolute Gasteiger partial charge is 0.213 e. The second kappa shape index (κ2) is 7.99. The van der Waals surface area contributed by atoms with Crippen LogP contribution in [0, 0.1) is 0 Å². The zero-order valence-electron chi connectivity index (χ0n) is 14.3. The standard InChI is InChI=1S/C20H20ClN3O2/c21-16-6-8-20(22-11-16)26-14-18-13-24(9-10-25-18)12-17-7-5-15-3-1-2-4-19(15)23-17/h1-8,11,18H,9-10,12-14H2. The monoisotopic (exact) mass is 369 g/mol. The molecule has 1 aromatic carbocycles. The molecule has 1 saturated heterocycles. The summed E-state index contributed by atoms with van der Waals surface area (Å²) in [5.74, 6) is 0.561. The Morgan fingerprint density at radius 3 is 2.96 bits per heavy atom. The molecule has 3 aromatic rings. The van der Waals surface area contributed by atoms with Crippen LogP contribution in [0.25, 0.3) is 10.9 Å². The van der Waals surface area contributed by atoms with Crippen LogP contribution in [0.15, 0.2) is 54.7 Å². The van der Waals surface area contributed by atoms with Crippen LogP contribution in [-0.4, -0.2) is 47.3 Å². The second-order valence-electron chi connectivity index (χ2n) is 6.35. The van der Waals surface area contributed by atoms with E-state index >= 15 is 0 Å². The third-order valence-corrected chi connectivity index (χ3v) is 4.61. The molecule has 0 spiro atoms. The van der Waals surface area contributed by atoms with Gasteiger partial charge in [0.1, 0.15) is 12.7 Å². The molecule has 2 aromatic heterocycles. The molecule has 0 N–H and O–H groups in total. The molecule has 0 aliphatic carbocycles. The minimum Gasteiger partial charge on any atom is -0.475 e. The molecule has 3 heterocycles. The molecule has 5 nitrogen and oxygen atoms in total. The van der Waals surface area contributed by atoms with Crippen LogP contribution in [0.5, 0.6) is 5.88 Å². The number of fused-ring (bicyclic) bond motifs is 1. The molecule has 1 aliphatic rings. The maximum Gasteiger partial charge on any atom is 0.213 e. The summed E-state index contributed by atoms with van der Waals surface area (Å²) in [7, 11) is 0. The third kappa shape index (κ3) is 4.30.